The van der Waals surface area contributed by atoms with E-state index in [4.69, 9.17) is 0 Å². The highest BCUT2D eigenvalue weighted by Gasteiger charge is 2.15. The summed E-state index contributed by atoms with van der Waals surface area (Å²) in [7, 11) is 0. The summed E-state index contributed by atoms with van der Waals surface area (Å²) in [6, 6.07) is 5.59. The van der Waals surface area contributed by atoms with E-state index in [-0.39, 0.29) is 0 Å². The molecule has 3 rings (SSSR count). The van der Waals surface area contributed by atoms with Crippen LogP contribution < -0.4 is 0 Å². The van der Waals surface area contributed by atoms with Crippen molar-refractivity contribution in [3.05, 3.63) is 34.7 Å². The van der Waals surface area contributed by atoms with E-state index >= 15 is 0 Å². The molecular weight excluding hydrogens is 270 g/mol. The number of benzene rings is 1. The van der Waals surface area contributed by atoms with Gasteiger partial charge in [-0.05, 0) is 48.3 Å². The summed E-state index contributed by atoms with van der Waals surface area (Å²) >= 11 is 1.56. The Morgan fingerprint density at radius 3 is 2.65 bits per heavy atom. The summed E-state index contributed by atoms with van der Waals surface area (Å²) in [5.41, 5.74) is 1.70. The summed E-state index contributed by atoms with van der Waals surface area (Å²) in [6.07, 6.45) is 5.24. The van der Waals surface area contributed by atoms with Crippen molar-refractivity contribution in [3.63, 3.8) is 0 Å². The van der Waals surface area contributed by atoms with Gasteiger partial charge in [-0.2, -0.15) is 0 Å². The van der Waals surface area contributed by atoms with E-state index < -0.39 is 5.97 Å². The Morgan fingerprint density at radius 1 is 1.20 bits per heavy atom. The fourth-order valence-corrected chi connectivity index (χ4v) is 4.01. The van der Waals surface area contributed by atoms with Crippen LogP contribution in [0.1, 0.15) is 41.6 Å². The number of rotatable bonds is 3. The fourth-order valence-electron chi connectivity index (χ4n) is 2.94. The van der Waals surface area contributed by atoms with Gasteiger partial charge in [-0.25, -0.2) is 4.79 Å². The standard InChI is InChI=1S/C16H19NO2S/c18-16(19)14-7-5-6-13-12(11-20-15(13)14)10-17-8-3-1-2-4-9-17/h5-7,11H,1-4,8-10H2,(H,18,19). The van der Waals surface area contributed by atoms with Crippen LogP contribution in [0.3, 0.4) is 0 Å². The van der Waals surface area contributed by atoms with Crippen LogP contribution in [0.15, 0.2) is 23.6 Å². The molecule has 0 amide bonds. The van der Waals surface area contributed by atoms with Gasteiger partial charge in [-0.15, -0.1) is 11.3 Å². The van der Waals surface area contributed by atoms with E-state index in [2.05, 4.69) is 10.3 Å². The van der Waals surface area contributed by atoms with Gasteiger partial charge in [-0.3, -0.25) is 4.90 Å². The molecule has 4 heteroatoms. The van der Waals surface area contributed by atoms with Gasteiger partial charge < -0.3 is 5.11 Å². The molecule has 0 unspecified atom stereocenters. The molecule has 0 saturated carbocycles. The number of hydrogen-bond acceptors (Lipinski definition) is 3. The van der Waals surface area contributed by atoms with Crippen molar-refractivity contribution in [2.45, 2.75) is 32.2 Å². The van der Waals surface area contributed by atoms with E-state index in [1.165, 1.54) is 31.2 Å². The van der Waals surface area contributed by atoms with Crippen molar-refractivity contribution in [1.29, 1.82) is 0 Å². The molecule has 1 aliphatic heterocycles. The number of likely N-dealkylation sites (tertiary alicyclic amines) is 1. The summed E-state index contributed by atoms with van der Waals surface area (Å²) in [4.78, 5) is 13.8. The molecule has 2 aromatic rings. The first kappa shape index (κ1) is 13.6. The lowest BCUT2D eigenvalue weighted by molar-refractivity contribution is 0.0699. The minimum atomic E-state index is -0.834. The molecule has 1 aromatic heterocycles. The van der Waals surface area contributed by atoms with E-state index in [0.29, 0.717) is 5.56 Å². The monoisotopic (exact) mass is 289 g/mol. The average Bonchev–Trinajstić information content (AvgIpc) is 2.68. The topological polar surface area (TPSA) is 40.5 Å². The number of fused-ring (bicyclic) bond motifs is 1. The van der Waals surface area contributed by atoms with Crippen LogP contribution in [0.2, 0.25) is 0 Å². The third kappa shape index (κ3) is 2.72. The number of carbonyl (C=O) groups is 1. The fraction of sp³-hybridized carbons (Fsp3) is 0.438. The number of hydrogen-bond donors (Lipinski definition) is 1. The number of carboxylic acids is 1. The third-order valence-corrected chi connectivity index (χ3v) is 5.08. The maximum atomic E-state index is 11.3. The normalized spacial score (nSPS) is 17.2. The Morgan fingerprint density at radius 2 is 1.95 bits per heavy atom. The van der Waals surface area contributed by atoms with Gasteiger partial charge in [0, 0.05) is 11.2 Å². The van der Waals surface area contributed by atoms with Gasteiger partial charge in [0.05, 0.1) is 5.56 Å². The minimum Gasteiger partial charge on any atom is -0.478 e. The zero-order valence-corrected chi connectivity index (χ0v) is 12.3. The Hall–Kier alpha value is -1.39. The molecule has 2 heterocycles. The number of nitrogens with zero attached hydrogens (tertiary/aromatic N) is 1. The van der Waals surface area contributed by atoms with Gasteiger partial charge in [-0.1, -0.05) is 25.0 Å². The Labute approximate surface area is 122 Å². The van der Waals surface area contributed by atoms with Gasteiger partial charge in [0.2, 0.25) is 0 Å². The summed E-state index contributed by atoms with van der Waals surface area (Å²) in [5.74, 6) is -0.834. The molecule has 1 aromatic carbocycles. The largest absolute Gasteiger partial charge is 0.478 e. The summed E-state index contributed by atoms with van der Waals surface area (Å²) in [6.45, 7) is 3.27. The first-order valence-electron chi connectivity index (χ1n) is 7.20. The van der Waals surface area contributed by atoms with E-state index in [9.17, 15) is 9.90 Å². The van der Waals surface area contributed by atoms with Crippen LogP contribution in [0.25, 0.3) is 10.1 Å². The van der Waals surface area contributed by atoms with E-state index in [1.807, 2.05) is 12.1 Å². The highest BCUT2D eigenvalue weighted by atomic mass is 32.1. The van der Waals surface area contributed by atoms with Crippen molar-refractivity contribution in [1.82, 2.24) is 4.90 Å². The number of carboxylic acid groups (broad SMARTS) is 1. The molecule has 106 valence electrons. The lowest BCUT2D eigenvalue weighted by Gasteiger charge is -2.19. The Balaban J connectivity index is 1.88. The van der Waals surface area contributed by atoms with E-state index in [0.717, 1.165) is 29.7 Å². The summed E-state index contributed by atoms with van der Waals surface area (Å²) < 4.78 is 0.907. The van der Waals surface area contributed by atoms with E-state index in [1.54, 1.807) is 17.4 Å². The first-order valence-corrected chi connectivity index (χ1v) is 8.08. The van der Waals surface area contributed by atoms with Gasteiger partial charge in [0.1, 0.15) is 0 Å². The van der Waals surface area contributed by atoms with Crippen LogP contribution in [0.5, 0.6) is 0 Å². The molecular formula is C16H19NO2S. The van der Waals surface area contributed by atoms with Crippen LogP contribution in [0, 0.1) is 0 Å². The van der Waals surface area contributed by atoms with Crippen molar-refractivity contribution in [3.8, 4) is 0 Å². The molecule has 0 atom stereocenters. The maximum Gasteiger partial charge on any atom is 0.337 e. The lowest BCUT2D eigenvalue weighted by atomic mass is 10.1. The second-order valence-electron chi connectivity index (χ2n) is 5.44. The molecule has 0 bridgehead atoms. The maximum absolute atomic E-state index is 11.3. The van der Waals surface area contributed by atoms with Gasteiger partial charge >= 0.3 is 5.97 Å². The van der Waals surface area contributed by atoms with Crippen molar-refractivity contribution >= 4 is 27.4 Å². The molecule has 1 aliphatic rings. The molecule has 1 saturated heterocycles. The van der Waals surface area contributed by atoms with Crippen LogP contribution >= 0.6 is 11.3 Å². The molecule has 3 nitrogen and oxygen atoms in total. The number of thiophene rings is 1. The Kier molecular flexibility index (Phi) is 4.03. The molecule has 0 aliphatic carbocycles. The zero-order chi connectivity index (χ0) is 13.9. The predicted octanol–water partition coefficient (Wildman–Crippen LogP) is 3.98. The van der Waals surface area contributed by atoms with Crippen LogP contribution in [0.4, 0.5) is 0 Å². The zero-order valence-electron chi connectivity index (χ0n) is 11.5. The second kappa shape index (κ2) is 5.94. The average molecular weight is 289 g/mol. The van der Waals surface area contributed by atoms with Crippen molar-refractivity contribution in [2.75, 3.05) is 13.1 Å². The van der Waals surface area contributed by atoms with Gasteiger partial charge in [0.15, 0.2) is 0 Å². The number of aromatic carboxylic acids is 1. The quantitative estimate of drug-likeness (QED) is 0.929. The highest BCUT2D eigenvalue weighted by molar-refractivity contribution is 7.17. The highest BCUT2D eigenvalue weighted by Crippen LogP contribution is 2.30. The molecule has 0 spiro atoms. The van der Waals surface area contributed by atoms with Crippen LogP contribution in [-0.2, 0) is 6.54 Å². The molecule has 1 fully saturated rings. The molecule has 1 N–H and O–H groups in total. The minimum absolute atomic E-state index is 0.426. The Bertz CT molecular complexity index is 612. The van der Waals surface area contributed by atoms with Crippen molar-refractivity contribution in [2.24, 2.45) is 0 Å². The molecule has 20 heavy (non-hydrogen) atoms. The SMILES string of the molecule is O=C(O)c1cccc2c(CN3CCCCCC3)csc12. The second-order valence-corrected chi connectivity index (χ2v) is 6.32. The van der Waals surface area contributed by atoms with Gasteiger partial charge in [0.25, 0.3) is 0 Å². The third-order valence-electron chi connectivity index (χ3n) is 4.00. The van der Waals surface area contributed by atoms with Crippen molar-refractivity contribution < 1.29 is 9.90 Å². The lowest BCUT2D eigenvalue weighted by Crippen LogP contribution is -2.23. The summed E-state index contributed by atoms with van der Waals surface area (Å²) in [5, 5.41) is 12.5. The predicted molar refractivity (Wildman–Crippen MR) is 82.5 cm³/mol. The smallest absolute Gasteiger partial charge is 0.337 e. The first-order chi connectivity index (χ1) is 9.75. The molecule has 0 radical (unpaired) electrons. The van der Waals surface area contributed by atoms with Crippen LogP contribution in [-0.4, -0.2) is 29.1 Å².